The van der Waals surface area contributed by atoms with Crippen LogP contribution in [0.4, 0.5) is 10.5 Å². The highest BCUT2D eigenvalue weighted by Crippen LogP contribution is 2.33. The van der Waals surface area contributed by atoms with Crippen LogP contribution in [0.5, 0.6) is 11.5 Å². The molecule has 0 spiro atoms. The van der Waals surface area contributed by atoms with Crippen molar-refractivity contribution in [2.24, 2.45) is 0 Å². The minimum Gasteiger partial charge on any atom is -0.454 e. The van der Waals surface area contributed by atoms with Gasteiger partial charge in [0.1, 0.15) is 12.2 Å². The number of anilines is 1. The van der Waals surface area contributed by atoms with Crippen LogP contribution in [-0.4, -0.2) is 56.4 Å². The summed E-state index contributed by atoms with van der Waals surface area (Å²) in [5.41, 5.74) is 1.12. The topological polar surface area (TPSA) is 104 Å². The molecule has 0 aliphatic carbocycles. The number of benzene rings is 3. The average Bonchev–Trinajstić information content (AvgIpc) is 3.57. The number of rotatable bonds is 4. The molecular formula is C25H22N2O7. The van der Waals surface area contributed by atoms with E-state index in [1.807, 2.05) is 42.5 Å². The van der Waals surface area contributed by atoms with Gasteiger partial charge in [0, 0.05) is 10.9 Å². The van der Waals surface area contributed by atoms with Gasteiger partial charge in [0.15, 0.2) is 17.6 Å². The van der Waals surface area contributed by atoms with E-state index in [1.54, 1.807) is 18.2 Å². The minimum absolute atomic E-state index is 0.143. The Hall–Kier alpha value is -3.82. The predicted molar refractivity (Wildman–Crippen MR) is 121 cm³/mol. The molecule has 2 amide bonds. The molecule has 0 saturated carbocycles. The molecular weight excluding hydrogens is 440 g/mol. The van der Waals surface area contributed by atoms with Gasteiger partial charge in [-0.15, -0.1) is 0 Å². The van der Waals surface area contributed by atoms with Crippen LogP contribution < -0.4 is 20.1 Å². The van der Waals surface area contributed by atoms with Gasteiger partial charge in [0.2, 0.25) is 6.79 Å². The molecule has 2 N–H and O–H groups in total. The van der Waals surface area contributed by atoms with Gasteiger partial charge in [-0.05, 0) is 29.7 Å². The summed E-state index contributed by atoms with van der Waals surface area (Å²) in [6.45, 7) is 0.592. The van der Waals surface area contributed by atoms with E-state index in [1.165, 1.54) is 0 Å². The smallest absolute Gasteiger partial charge is 0.412 e. The summed E-state index contributed by atoms with van der Waals surface area (Å²) in [5, 5.41) is 7.70. The van der Waals surface area contributed by atoms with Gasteiger partial charge in [0.05, 0.1) is 24.9 Å². The summed E-state index contributed by atoms with van der Waals surface area (Å²) in [5.74, 6) is 0.881. The molecule has 9 heteroatoms. The zero-order valence-corrected chi connectivity index (χ0v) is 18.1. The summed E-state index contributed by atoms with van der Waals surface area (Å²) in [7, 11) is 0. The lowest BCUT2D eigenvalue weighted by atomic mass is 10.1. The van der Waals surface area contributed by atoms with Crippen molar-refractivity contribution < 1.29 is 33.3 Å². The second kappa shape index (κ2) is 8.51. The van der Waals surface area contributed by atoms with E-state index >= 15 is 0 Å². The summed E-state index contributed by atoms with van der Waals surface area (Å²) < 4.78 is 27.9. The molecule has 174 valence electrons. The third-order valence-electron chi connectivity index (χ3n) is 6.24. The van der Waals surface area contributed by atoms with Gasteiger partial charge in [-0.1, -0.05) is 36.4 Å². The molecule has 9 nitrogen and oxygen atoms in total. The molecule has 0 bridgehead atoms. The van der Waals surface area contributed by atoms with Crippen LogP contribution in [0.15, 0.2) is 60.7 Å². The van der Waals surface area contributed by atoms with Crippen molar-refractivity contribution in [1.29, 1.82) is 0 Å². The van der Waals surface area contributed by atoms with Crippen LogP contribution in [-0.2, 0) is 14.2 Å². The minimum atomic E-state index is -0.581. The first-order chi connectivity index (χ1) is 16.7. The second-order valence-electron chi connectivity index (χ2n) is 8.34. The Balaban J connectivity index is 1.07. The highest BCUT2D eigenvalue weighted by molar-refractivity contribution is 6.00. The Morgan fingerprint density at radius 3 is 2.65 bits per heavy atom. The fourth-order valence-electron chi connectivity index (χ4n) is 4.59. The number of nitrogens with one attached hydrogen (secondary N) is 2. The van der Waals surface area contributed by atoms with Gasteiger partial charge in [-0.3, -0.25) is 10.1 Å². The van der Waals surface area contributed by atoms with Crippen molar-refractivity contribution in [2.45, 2.75) is 24.4 Å². The maximum absolute atomic E-state index is 12.7. The quantitative estimate of drug-likeness (QED) is 0.614. The van der Waals surface area contributed by atoms with Crippen molar-refractivity contribution in [3.8, 4) is 11.5 Å². The lowest BCUT2D eigenvalue weighted by molar-refractivity contribution is 0.00862. The molecule has 2 fully saturated rings. The third kappa shape index (κ3) is 3.78. The summed E-state index contributed by atoms with van der Waals surface area (Å²) in [6.07, 6.45) is -2.02. The van der Waals surface area contributed by atoms with Crippen LogP contribution in [0.25, 0.3) is 10.8 Å². The highest BCUT2D eigenvalue weighted by Gasteiger charge is 2.50. The fraction of sp³-hybridized carbons (Fsp3) is 0.280. The van der Waals surface area contributed by atoms with Gasteiger partial charge in [-0.2, -0.15) is 0 Å². The zero-order valence-electron chi connectivity index (χ0n) is 18.1. The molecule has 3 aromatic rings. The summed E-state index contributed by atoms with van der Waals surface area (Å²) in [4.78, 5) is 25.3. The maximum Gasteiger partial charge on any atom is 0.412 e. The first kappa shape index (κ1) is 20.8. The number of hydrogen-bond acceptors (Lipinski definition) is 7. The van der Waals surface area contributed by atoms with E-state index in [0.29, 0.717) is 22.7 Å². The van der Waals surface area contributed by atoms with Crippen molar-refractivity contribution in [2.75, 3.05) is 25.3 Å². The largest absolute Gasteiger partial charge is 0.454 e. The maximum atomic E-state index is 12.7. The van der Waals surface area contributed by atoms with Crippen molar-refractivity contribution >= 4 is 28.5 Å². The predicted octanol–water partition coefficient (Wildman–Crippen LogP) is 3.08. The lowest BCUT2D eigenvalue weighted by Gasteiger charge is -2.18. The van der Waals surface area contributed by atoms with Crippen LogP contribution in [0.2, 0.25) is 0 Å². The Labute approximate surface area is 194 Å². The first-order valence-corrected chi connectivity index (χ1v) is 11.0. The second-order valence-corrected chi connectivity index (χ2v) is 8.34. The number of amides is 2. The monoisotopic (exact) mass is 462 g/mol. The molecule has 34 heavy (non-hydrogen) atoms. The Morgan fingerprint density at radius 1 is 0.882 bits per heavy atom. The number of hydrogen-bond donors (Lipinski definition) is 2. The van der Waals surface area contributed by atoms with E-state index in [0.717, 1.165) is 10.8 Å². The van der Waals surface area contributed by atoms with Crippen LogP contribution in [0.1, 0.15) is 10.4 Å². The third-order valence-corrected chi connectivity index (χ3v) is 6.24. The van der Waals surface area contributed by atoms with Gasteiger partial charge >= 0.3 is 6.09 Å². The molecule has 4 atom stereocenters. The standard InChI is InChI=1S/C25H22N2O7/c28-24(15-8-9-19-20(10-15)33-13-32-19)26-18-11-30-23-21(12-31-22(18)23)34-25(29)27-17-7-3-5-14-4-1-2-6-16(14)17/h1-10,18,21-23H,11-13H2,(H,26,28)(H,27,29)/t18-,21-,22-,23+/m0/s1. The van der Waals surface area contributed by atoms with Crippen LogP contribution >= 0.6 is 0 Å². The SMILES string of the molecule is O=C(Nc1cccc2ccccc12)O[C@H]1CO[C@@H]2[C@@H]1OC[C@@H]2NC(=O)c1ccc2c(c1)OCO2. The number of carbonyl (C=O) groups excluding carboxylic acids is 2. The Bertz CT molecular complexity index is 1260. The first-order valence-electron chi connectivity index (χ1n) is 11.0. The lowest BCUT2D eigenvalue weighted by Crippen LogP contribution is -2.44. The Morgan fingerprint density at radius 2 is 1.71 bits per heavy atom. The summed E-state index contributed by atoms with van der Waals surface area (Å²) in [6, 6.07) is 18.1. The number of carbonyl (C=O) groups is 2. The number of ether oxygens (including phenoxy) is 5. The normalized spacial score (nSPS) is 24.6. The van der Waals surface area contributed by atoms with E-state index in [9.17, 15) is 9.59 Å². The van der Waals surface area contributed by atoms with E-state index in [-0.39, 0.29) is 32.0 Å². The molecule has 3 aromatic carbocycles. The molecule has 3 aliphatic heterocycles. The van der Waals surface area contributed by atoms with E-state index in [4.69, 9.17) is 23.7 Å². The van der Waals surface area contributed by atoms with Crippen molar-refractivity contribution in [3.63, 3.8) is 0 Å². The molecule has 3 aliphatic rings. The number of fused-ring (bicyclic) bond motifs is 3. The van der Waals surface area contributed by atoms with E-state index < -0.39 is 24.4 Å². The molecule has 0 radical (unpaired) electrons. The average molecular weight is 462 g/mol. The summed E-state index contributed by atoms with van der Waals surface area (Å²) >= 11 is 0. The molecule has 0 aromatic heterocycles. The van der Waals surface area contributed by atoms with Crippen molar-refractivity contribution in [1.82, 2.24) is 5.32 Å². The molecule has 6 rings (SSSR count). The van der Waals surface area contributed by atoms with Gasteiger partial charge in [0.25, 0.3) is 5.91 Å². The highest BCUT2D eigenvalue weighted by atomic mass is 16.7. The molecule has 2 saturated heterocycles. The van der Waals surface area contributed by atoms with Crippen molar-refractivity contribution in [3.05, 3.63) is 66.2 Å². The van der Waals surface area contributed by atoms with Crippen LogP contribution in [0.3, 0.4) is 0 Å². The Kier molecular flexibility index (Phi) is 5.20. The fourth-order valence-corrected chi connectivity index (χ4v) is 4.59. The zero-order chi connectivity index (χ0) is 23.1. The van der Waals surface area contributed by atoms with Gasteiger partial charge in [-0.25, -0.2) is 4.79 Å². The van der Waals surface area contributed by atoms with Crippen LogP contribution in [0, 0.1) is 0 Å². The molecule has 0 unspecified atom stereocenters. The van der Waals surface area contributed by atoms with Gasteiger partial charge < -0.3 is 29.0 Å². The molecule has 3 heterocycles. The van der Waals surface area contributed by atoms with E-state index in [2.05, 4.69) is 10.6 Å².